The maximum Gasteiger partial charge on any atom is 0.325 e. The average molecular weight is 375 g/mol. The fraction of sp³-hybridized carbons (Fsp3) is 0.389. The van der Waals surface area contributed by atoms with Gasteiger partial charge in [-0.05, 0) is 31.0 Å². The second kappa shape index (κ2) is 7.28. The molecule has 144 valence electrons. The molecule has 1 fully saturated rings. The number of aromatic nitrogens is 1. The number of nitrogens with two attached hydrogens (primary N) is 1. The van der Waals surface area contributed by atoms with E-state index in [0.29, 0.717) is 41.6 Å². The number of nitrogens with zero attached hydrogens (tertiary/aromatic N) is 2. The van der Waals surface area contributed by atoms with Gasteiger partial charge in [-0.2, -0.15) is 0 Å². The Morgan fingerprint density at radius 2 is 2.07 bits per heavy atom. The molecule has 1 aromatic heterocycles. The second-order valence-electron chi connectivity index (χ2n) is 6.53. The Kier molecular flexibility index (Phi) is 5.04. The van der Waals surface area contributed by atoms with Crippen LogP contribution in [0.3, 0.4) is 0 Å². The summed E-state index contributed by atoms with van der Waals surface area (Å²) in [5.74, 6) is -2.21. The molecule has 2 atom stereocenters. The van der Waals surface area contributed by atoms with Crippen molar-refractivity contribution in [3.63, 3.8) is 0 Å². The standard InChI is InChI=1S/C18H21N3O6/c1-27-10-4-5-13-11(7-10)12(8-20(13)9-15(22)23)16(18(25)26)21-6-2-3-14(21)17(19)24/h4-5,7-8,14,16H,2-3,6,9H2,1H3,(H2,19,24)(H,22,23)(H,25,26)/t14-,16+/m0/s1. The maximum absolute atomic E-state index is 12.1. The summed E-state index contributed by atoms with van der Waals surface area (Å²) < 4.78 is 6.72. The first-order valence-corrected chi connectivity index (χ1v) is 8.50. The molecule has 1 aromatic carbocycles. The van der Waals surface area contributed by atoms with Crippen molar-refractivity contribution >= 4 is 28.7 Å². The van der Waals surface area contributed by atoms with E-state index in [1.54, 1.807) is 23.1 Å². The molecule has 4 N–H and O–H groups in total. The van der Waals surface area contributed by atoms with Gasteiger partial charge in [0.05, 0.1) is 13.2 Å². The lowest BCUT2D eigenvalue weighted by Gasteiger charge is -2.28. The SMILES string of the molecule is COc1ccc2c(c1)c([C@H](C(=O)O)N1CCC[C@H]1C(N)=O)cn2CC(=O)O. The van der Waals surface area contributed by atoms with Gasteiger partial charge in [0.1, 0.15) is 18.3 Å². The van der Waals surface area contributed by atoms with E-state index in [-0.39, 0.29) is 6.54 Å². The Bertz CT molecular complexity index is 906. The van der Waals surface area contributed by atoms with Crippen molar-refractivity contribution in [2.45, 2.75) is 31.5 Å². The summed E-state index contributed by atoms with van der Waals surface area (Å²) in [6.45, 7) is 0.106. The summed E-state index contributed by atoms with van der Waals surface area (Å²) in [5, 5.41) is 19.7. The van der Waals surface area contributed by atoms with Gasteiger partial charge in [-0.25, -0.2) is 0 Å². The van der Waals surface area contributed by atoms with Crippen molar-refractivity contribution in [2.24, 2.45) is 5.73 Å². The molecule has 0 aliphatic carbocycles. The maximum atomic E-state index is 12.1. The number of likely N-dealkylation sites (tertiary alicyclic amines) is 1. The number of ether oxygens (including phenoxy) is 1. The molecule has 1 amide bonds. The zero-order chi connectivity index (χ0) is 19.7. The lowest BCUT2D eigenvalue weighted by Crippen LogP contribution is -2.44. The van der Waals surface area contributed by atoms with Gasteiger partial charge < -0.3 is 25.3 Å². The largest absolute Gasteiger partial charge is 0.497 e. The quantitative estimate of drug-likeness (QED) is 0.651. The highest BCUT2D eigenvalue weighted by molar-refractivity contribution is 5.92. The van der Waals surface area contributed by atoms with E-state index < -0.39 is 29.9 Å². The smallest absolute Gasteiger partial charge is 0.325 e. The highest BCUT2D eigenvalue weighted by Crippen LogP contribution is 2.36. The van der Waals surface area contributed by atoms with Crippen LogP contribution in [0.5, 0.6) is 5.75 Å². The minimum Gasteiger partial charge on any atom is -0.497 e. The second-order valence-corrected chi connectivity index (χ2v) is 6.53. The minimum absolute atomic E-state index is 0.311. The first-order valence-electron chi connectivity index (χ1n) is 8.50. The van der Waals surface area contributed by atoms with Crippen molar-refractivity contribution in [3.8, 4) is 5.75 Å². The fourth-order valence-corrected chi connectivity index (χ4v) is 3.78. The Morgan fingerprint density at radius 1 is 1.33 bits per heavy atom. The van der Waals surface area contributed by atoms with Gasteiger partial charge in [0.25, 0.3) is 0 Å². The Labute approximate surface area is 154 Å². The van der Waals surface area contributed by atoms with Crippen LogP contribution in [0.4, 0.5) is 0 Å². The lowest BCUT2D eigenvalue weighted by atomic mass is 10.0. The molecule has 2 heterocycles. The van der Waals surface area contributed by atoms with Crippen molar-refractivity contribution in [3.05, 3.63) is 30.0 Å². The normalized spacial score (nSPS) is 18.5. The van der Waals surface area contributed by atoms with E-state index in [1.165, 1.54) is 17.9 Å². The summed E-state index contributed by atoms with van der Waals surface area (Å²) in [6.07, 6.45) is 2.68. The lowest BCUT2D eigenvalue weighted by molar-refractivity contribution is -0.144. The number of amides is 1. The highest BCUT2D eigenvalue weighted by Gasteiger charge is 2.40. The predicted octanol–water partition coefficient (Wildman–Crippen LogP) is 0.810. The number of hydrogen-bond acceptors (Lipinski definition) is 5. The number of rotatable bonds is 7. The van der Waals surface area contributed by atoms with Gasteiger partial charge >= 0.3 is 11.9 Å². The average Bonchev–Trinajstić information content (AvgIpc) is 3.20. The number of methoxy groups -OCH3 is 1. The minimum atomic E-state index is -1.12. The fourth-order valence-electron chi connectivity index (χ4n) is 3.78. The number of carboxylic acid groups (broad SMARTS) is 2. The summed E-state index contributed by atoms with van der Waals surface area (Å²) in [6, 6.07) is 3.26. The van der Waals surface area contributed by atoms with E-state index in [2.05, 4.69) is 0 Å². The molecule has 27 heavy (non-hydrogen) atoms. The molecule has 0 radical (unpaired) electrons. The van der Waals surface area contributed by atoms with Crippen LogP contribution in [0.25, 0.3) is 10.9 Å². The van der Waals surface area contributed by atoms with E-state index in [0.717, 1.165) is 0 Å². The van der Waals surface area contributed by atoms with Gasteiger partial charge in [0, 0.05) is 29.2 Å². The van der Waals surface area contributed by atoms with Crippen LogP contribution in [0.15, 0.2) is 24.4 Å². The number of fused-ring (bicyclic) bond motifs is 1. The summed E-state index contributed by atoms with van der Waals surface area (Å²) in [5.41, 5.74) is 6.44. The molecular weight excluding hydrogens is 354 g/mol. The predicted molar refractivity (Wildman–Crippen MR) is 95.4 cm³/mol. The van der Waals surface area contributed by atoms with Crippen LogP contribution >= 0.6 is 0 Å². The van der Waals surface area contributed by atoms with Crippen LogP contribution in [-0.2, 0) is 20.9 Å². The van der Waals surface area contributed by atoms with Crippen molar-refractivity contribution in [2.75, 3.05) is 13.7 Å². The monoisotopic (exact) mass is 375 g/mol. The molecule has 1 aliphatic rings. The van der Waals surface area contributed by atoms with Crippen LogP contribution in [0, 0.1) is 0 Å². The number of primary amides is 1. The molecule has 1 aliphatic heterocycles. The van der Waals surface area contributed by atoms with Gasteiger partial charge in [-0.3, -0.25) is 19.3 Å². The first kappa shape index (κ1) is 18.7. The summed E-state index contributed by atoms with van der Waals surface area (Å²) >= 11 is 0. The van der Waals surface area contributed by atoms with Gasteiger partial charge in [-0.1, -0.05) is 0 Å². The summed E-state index contributed by atoms with van der Waals surface area (Å²) in [4.78, 5) is 36.7. The number of carbonyl (C=O) groups is 3. The first-order chi connectivity index (χ1) is 12.8. The van der Waals surface area contributed by atoms with Crippen LogP contribution in [0.1, 0.15) is 24.4 Å². The van der Waals surface area contributed by atoms with E-state index in [4.69, 9.17) is 10.5 Å². The molecule has 0 spiro atoms. The molecule has 3 rings (SSSR count). The zero-order valence-electron chi connectivity index (χ0n) is 14.8. The molecule has 1 saturated heterocycles. The van der Waals surface area contributed by atoms with Crippen LogP contribution in [0.2, 0.25) is 0 Å². The number of carbonyl (C=O) groups excluding carboxylic acids is 1. The van der Waals surface area contributed by atoms with Crippen molar-refractivity contribution in [1.29, 1.82) is 0 Å². The molecule has 9 heteroatoms. The number of carboxylic acids is 2. The molecule has 0 saturated carbocycles. The zero-order valence-corrected chi connectivity index (χ0v) is 14.8. The Hall–Kier alpha value is -3.07. The van der Waals surface area contributed by atoms with Crippen molar-refractivity contribution in [1.82, 2.24) is 9.47 Å². The topological polar surface area (TPSA) is 135 Å². The molecule has 9 nitrogen and oxygen atoms in total. The van der Waals surface area contributed by atoms with E-state index in [9.17, 15) is 24.6 Å². The van der Waals surface area contributed by atoms with E-state index >= 15 is 0 Å². The van der Waals surface area contributed by atoms with Crippen LogP contribution in [-0.4, -0.2) is 57.2 Å². The number of hydrogen-bond donors (Lipinski definition) is 3. The third-order valence-electron chi connectivity index (χ3n) is 4.91. The van der Waals surface area contributed by atoms with Crippen molar-refractivity contribution < 1.29 is 29.3 Å². The van der Waals surface area contributed by atoms with Gasteiger partial charge in [0.2, 0.25) is 5.91 Å². The third kappa shape index (κ3) is 3.45. The highest BCUT2D eigenvalue weighted by atomic mass is 16.5. The number of aliphatic carboxylic acids is 2. The van der Waals surface area contributed by atoms with Gasteiger partial charge in [0.15, 0.2) is 0 Å². The summed E-state index contributed by atoms with van der Waals surface area (Å²) in [7, 11) is 1.49. The molecule has 0 unspecified atom stereocenters. The molecule has 0 bridgehead atoms. The van der Waals surface area contributed by atoms with Crippen LogP contribution < -0.4 is 10.5 Å². The number of benzene rings is 1. The Morgan fingerprint density at radius 3 is 2.67 bits per heavy atom. The van der Waals surface area contributed by atoms with Gasteiger partial charge in [-0.15, -0.1) is 0 Å². The van der Waals surface area contributed by atoms with E-state index in [1.807, 2.05) is 0 Å². The molecular formula is C18H21N3O6. The third-order valence-corrected chi connectivity index (χ3v) is 4.91. The Balaban J connectivity index is 2.18. The molecule has 2 aromatic rings.